The molecule has 0 unspecified atom stereocenters. The monoisotopic (exact) mass is 285 g/mol. The molecule has 0 bridgehead atoms. The van der Waals surface area contributed by atoms with Crippen LogP contribution in [0.4, 0.5) is 4.79 Å². The maximum atomic E-state index is 11.5. The Hall–Kier alpha value is -1.56. The van der Waals surface area contributed by atoms with Crippen LogP contribution in [0.15, 0.2) is 17.5 Å². The Balaban J connectivity index is 2.46. The second kappa shape index (κ2) is 6.56. The fraction of sp³-hybridized carbons (Fsp3) is 0.538. The van der Waals surface area contributed by atoms with Crippen LogP contribution in [0.2, 0.25) is 0 Å². The van der Waals surface area contributed by atoms with Gasteiger partial charge in [0, 0.05) is 11.4 Å². The Morgan fingerprint density at radius 2 is 2.16 bits per heavy atom. The molecule has 5 nitrogen and oxygen atoms in total. The van der Waals surface area contributed by atoms with Crippen LogP contribution in [-0.2, 0) is 16.0 Å². The summed E-state index contributed by atoms with van der Waals surface area (Å²) in [6.45, 7) is 5.33. The fourth-order valence-electron chi connectivity index (χ4n) is 1.44. The largest absolute Gasteiger partial charge is 0.481 e. The number of carboxylic acid groups (broad SMARTS) is 1. The minimum atomic E-state index is -0.926. The van der Waals surface area contributed by atoms with Crippen molar-refractivity contribution in [1.29, 1.82) is 0 Å². The number of nitrogens with one attached hydrogen (secondary N) is 1. The van der Waals surface area contributed by atoms with E-state index in [9.17, 15) is 9.59 Å². The molecular weight excluding hydrogens is 266 g/mol. The van der Waals surface area contributed by atoms with Crippen molar-refractivity contribution in [2.24, 2.45) is 5.92 Å². The Labute approximate surface area is 116 Å². The predicted molar refractivity (Wildman–Crippen MR) is 73.4 cm³/mol. The summed E-state index contributed by atoms with van der Waals surface area (Å²) < 4.78 is 5.06. The van der Waals surface area contributed by atoms with Crippen molar-refractivity contribution in [2.75, 3.05) is 6.54 Å². The molecule has 0 aliphatic carbocycles. The van der Waals surface area contributed by atoms with Crippen molar-refractivity contribution in [3.63, 3.8) is 0 Å². The van der Waals surface area contributed by atoms with E-state index in [0.29, 0.717) is 6.42 Å². The Kier molecular flexibility index (Phi) is 5.35. The molecule has 1 aromatic heterocycles. The van der Waals surface area contributed by atoms with Crippen LogP contribution < -0.4 is 5.32 Å². The van der Waals surface area contributed by atoms with E-state index < -0.39 is 23.6 Å². The van der Waals surface area contributed by atoms with Gasteiger partial charge in [-0.2, -0.15) is 0 Å². The van der Waals surface area contributed by atoms with Crippen molar-refractivity contribution in [3.05, 3.63) is 22.4 Å². The van der Waals surface area contributed by atoms with E-state index in [-0.39, 0.29) is 6.54 Å². The number of thiophene rings is 1. The molecule has 1 rings (SSSR count). The van der Waals surface area contributed by atoms with E-state index in [0.717, 1.165) is 4.88 Å². The average molecular weight is 285 g/mol. The zero-order valence-corrected chi connectivity index (χ0v) is 12.1. The first kappa shape index (κ1) is 15.5. The molecular formula is C13H19NO4S. The number of aliphatic carboxylic acids is 1. The minimum absolute atomic E-state index is 0.0577. The lowest BCUT2D eigenvalue weighted by atomic mass is 10.1. The van der Waals surface area contributed by atoms with E-state index in [1.165, 1.54) is 11.3 Å². The lowest BCUT2D eigenvalue weighted by molar-refractivity contribution is -0.141. The highest BCUT2D eigenvalue weighted by atomic mass is 32.1. The van der Waals surface area contributed by atoms with Gasteiger partial charge in [0.05, 0.1) is 5.92 Å². The lowest BCUT2D eigenvalue weighted by Crippen LogP contribution is -2.37. The highest BCUT2D eigenvalue weighted by Gasteiger charge is 2.21. The van der Waals surface area contributed by atoms with Gasteiger partial charge in [0.2, 0.25) is 0 Å². The lowest BCUT2D eigenvalue weighted by Gasteiger charge is -2.20. The van der Waals surface area contributed by atoms with Crippen molar-refractivity contribution in [2.45, 2.75) is 32.8 Å². The Morgan fingerprint density at radius 1 is 1.47 bits per heavy atom. The van der Waals surface area contributed by atoms with Gasteiger partial charge in [-0.25, -0.2) is 4.79 Å². The highest BCUT2D eigenvalue weighted by molar-refractivity contribution is 7.09. The summed E-state index contributed by atoms with van der Waals surface area (Å²) in [5.74, 6) is -1.57. The van der Waals surface area contributed by atoms with Crippen molar-refractivity contribution < 1.29 is 19.4 Å². The molecule has 0 fully saturated rings. The molecule has 1 aromatic rings. The zero-order valence-electron chi connectivity index (χ0n) is 11.3. The summed E-state index contributed by atoms with van der Waals surface area (Å²) in [5, 5.41) is 13.5. The number of carbonyl (C=O) groups excluding carboxylic acids is 1. The molecule has 19 heavy (non-hydrogen) atoms. The molecule has 0 aliphatic rings. The summed E-state index contributed by atoms with van der Waals surface area (Å²) in [7, 11) is 0. The maximum absolute atomic E-state index is 11.5. The Bertz CT molecular complexity index is 422. The molecule has 106 valence electrons. The van der Waals surface area contributed by atoms with Crippen LogP contribution in [0, 0.1) is 5.92 Å². The number of alkyl carbamates (subject to hydrolysis) is 1. The van der Waals surface area contributed by atoms with Gasteiger partial charge in [0.15, 0.2) is 0 Å². The van der Waals surface area contributed by atoms with Gasteiger partial charge in [-0.05, 0) is 38.6 Å². The first-order valence-corrected chi connectivity index (χ1v) is 6.88. The van der Waals surface area contributed by atoms with Crippen LogP contribution in [-0.4, -0.2) is 29.3 Å². The SMILES string of the molecule is CC(C)(C)OC(=O)NC[C@H](Cc1cccs1)C(=O)O. The first-order chi connectivity index (χ1) is 8.78. The number of carbonyl (C=O) groups is 2. The number of ether oxygens (including phenoxy) is 1. The van der Waals surface area contributed by atoms with E-state index in [4.69, 9.17) is 9.84 Å². The summed E-state index contributed by atoms with van der Waals surface area (Å²) in [5.41, 5.74) is -0.587. The highest BCUT2D eigenvalue weighted by Crippen LogP contribution is 2.15. The number of rotatable bonds is 5. The summed E-state index contributed by atoms with van der Waals surface area (Å²) in [4.78, 5) is 23.6. The van der Waals surface area contributed by atoms with Gasteiger partial charge in [0.25, 0.3) is 0 Å². The van der Waals surface area contributed by atoms with Crippen molar-refractivity contribution in [3.8, 4) is 0 Å². The van der Waals surface area contributed by atoms with Gasteiger partial charge in [-0.3, -0.25) is 4.79 Å². The third-order valence-corrected chi connectivity index (χ3v) is 3.17. The van der Waals surface area contributed by atoms with Gasteiger partial charge >= 0.3 is 12.1 Å². The van der Waals surface area contributed by atoms with E-state index in [1.54, 1.807) is 20.8 Å². The molecule has 1 atom stereocenters. The van der Waals surface area contributed by atoms with Gasteiger partial charge in [-0.1, -0.05) is 6.07 Å². The second-order valence-corrected chi connectivity index (χ2v) is 6.23. The van der Waals surface area contributed by atoms with E-state index >= 15 is 0 Å². The number of hydrogen-bond donors (Lipinski definition) is 2. The molecule has 0 radical (unpaired) electrons. The van der Waals surface area contributed by atoms with E-state index in [1.807, 2.05) is 17.5 Å². The van der Waals surface area contributed by atoms with Gasteiger partial charge in [-0.15, -0.1) is 11.3 Å². The predicted octanol–water partition coefficient (Wildman–Crippen LogP) is 2.52. The van der Waals surface area contributed by atoms with Crippen molar-refractivity contribution in [1.82, 2.24) is 5.32 Å². The molecule has 0 saturated carbocycles. The molecule has 0 saturated heterocycles. The Morgan fingerprint density at radius 3 is 2.63 bits per heavy atom. The topological polar surface area (TPSA) is 75.6 Å². The minimum Gasteiger partial charge on any atom is -0.481 e. The van der Waals surface area contributed by atoms with Crippen LogP contribution >= 0.6 is 11.3 Å². The molecule has 0 aromatic carbocycles. The normalized spacial score (nSPS) is 12.8. The van der Waals surface area contributed by atoms with E-state index in [2.05, 4.69) is 5.32 Å². The number of carboxylic acids is 1. The third-order valence-electron chi connectivity index (χ3n) is 2.27. The first-order valence-electron chi connectivity index (χ1n) is 6.00. The van der Waals surface area contributed by atoms with Crippen LogP contribution in [0.1, 0.15) is 25.6 Å². The molecule has 2 N–H and O–H groups in total. The summed E-state index contributed by atoms with van der Waals surface area (Å²) in [6.07, 6.45) is -0.187. The molecule has 1 heterocycles. The quantitative estimate of drug-likeness (QED) is 0.871. The van der Waals surface area contributed by atoms with Crippen molar-refractivity contribution >= 4 is 23.4 Å². The molecule has 0 spiro atoms. The van der Waals surface area contributed by atoms with Crippen LogP contribution in [0.5, 0.6) is 0 Å². The van der Waals surface area contributed by atoms with Gasteiger partial charge in [0.1, 0.15) is 5.60 Å². The maximum Gasteiger partial charge on any atom is 0.407 e. The average Bonchev–Trinajstić information content (AvgIpc) is 2.73. The molecule has 6 heteroatoms. The number of amides is 1. The zero-order chi connectivity index (χ0) is 14.5. The molecule has 1 amide bonds. The third kappa shape index (κ3) is 6.24. The fourth-order valence-corrected chi connectivity index (χ4v) is 2.23. The smallest absolute Gasteiger partial charge is 0.407 e. The number of hydrogen-bond acceptors (Lipinski definition) is 4. The second-order valence-electron chi connectivity index (χ2n) is 5.20. The standard InChI is InChI=1S/C13H19NO4S/c1-13(2,3)18-12(17)14-8-9(11(15)16)7-10-5-4-6-19-10/h4-6,9H,7-8H2,1-3H3,(H,14,17)(H,15,16)/t9-/m0/s1. The summed E-state index contributed by atoms with van der Waals surface area (Å²) >= 11 is 1.51. The molecule has 0 aliphatic heterocycles. The van der Waals surface area contributed by atoms with Crippen LogP contribution in [0.25, 0.3) is 0 Å². The van der Waals surface area contributed by atoms with Gasteiger partial charge < -0.3 is 15.2 Å². The van der Waals surface area contributed by atoms with Crippen LogP contribution in [0.3, 0.4) is 0 Å². The summed E-state index contributed by atoms with van der Waals surface area (Å²) in [6, 6.07) is 3.76.